The summed E-state index contributed by atoms with van der Waals surface area (Å²) in [5.41, 5.74) is 1.04. The number of rotatable bonds is 4. The molecule has 2 rings (SSSR count). The minimum atomic E-state index is -0.154. The molecule has 98 valence electrons. The maximum absolute atomic E-state index is 11.6. The summed E-state index contributed by atoms with van der Waals surface area (Å²) < 4.78 is 15.8. The van der Waals surface area contributed by atoms with Crippen LogP contribution in [-0.2, 0) is 9.53 Å². The summed E-state index contributed by atoms with van der Waals surface area (Å²) >= 11 is 0. The van der Waals surface area contributed by atoms with Gasteiger partial charge in [0.15, 0.2) is 0 Å². The molecule has 0 amide bonds. The van der Waals surface area contributed by atoms with Gasteiger partial charge in [0, 0.05) is 11.5 Å². The number of esters is 1. The number of hydrogen-bond donors (Lipinski definition) is 0. The van der Waals surface area contributed by atoms with Crippen molar-refractivity contribution < 1.29 is 19.0 Å². The molecule has 1 heterocycles. The number of hydrogen-bond acceptors (Lipinski definition) is 4. The Bertz CT molecular complexity index is 428. The van der Waals surface area contributed by atoms with Gasteiger partial charge >= 0.3 is 5.97 Å². The number of methoxy groups -OCH3 is 1. The fourth-order valence-electron chi connectivity index (χ4n) is 2.20. The van der Waals surface area contributed by atoms with E-state index < -0.39 is 0 Å². The SMILES string of the molecule is CCOC(=O)CC1CCOc2ccc(OC)cc21. The van der Waals surface area contributed by atoms with Crippen LogP contribution in [0.1, 0.15) is 31.2 Å². The minimum Gasteiger partial charge on any atom is -0.497 e. The first-order valence-electron chi connectivity index (χ1n) is 6.21. The lowest BCUT2D eigenvalue weighted by molar-refractivity contribution is -0.143. The van der Waals surface area contributed by atoms with Gasteiger partial charge in [-0.25, -0.2) is 0 Å². The summed E-state index contributed by atoms with van der Waals surface area (Å²) in [6.45, 7) is 2.88. The van der Waals surface area contributed by atoms with Gasteiger partial charge in [0.2, 0.25) is 0 Å². The van der Waals surface area contributed by atoms with Crippen LogP contribution in [0.5, 0.6) is 11.5 Å². The van der Waals surface area contributed by atoms with E-state index in [-0.39, 0.29) is 11.9 Å². The summed E-state index contributed by atoms with van der Waals surface area (Å²) in [5, 5.41) is 0. The average molecular weight is 250 g/mol. The second kappa shape index (κ2) is 5.76. The number of benzene rings is 1. The van der Waals surface area contributed by atoms with Gasteiger partial charge in [0.25, 0.3) is 0 Å². The molecule has 0 spiro atoms. The molecule has 1 aliphatic heterocycles. The first kappa shape index (κ1) is 12.7. The molecular formula is C14H18O4. The quantitative estimate of drug-likeness (QED) is 0.770. The first-order chi connectivity index (χ1) is 8.74. The molecule has 1 aliphatic rings. The number of carbonyl (C=O) groups excluding carboxylic acids is 1. The number of carbonyl (C=O) groups is 1. The molecule has 0 N–H and O–H groups in total. The van der Waals surface area contributed by atoms with E-state index in [1.807, 2.05) is 25.1 Å². The zero-order valence-corrected chi connectivity index (χ0v) is 10.8. The Morgan fingerprint density at radius 1 is 1.50 bits per heavy atom. The zero-order chi connectivity index (χ0) is 13.0. The zero-order valence-electron chi connectivity index (χ0n) is 10.8. The second-order valence-corrected chi connectivity index (χ2v) is 4.25. The minimum absolute atomic E-state index is 0.154. The van der Waals surface area contributed by atoms with Crippen molar-refractivity contribution in [3.63, 3.8) is 0 Å². The van der Waals surface area contributed by atoms with Gasteiger partial charge in [0.05, 0.1) is 26.7 Å². The third kappa shape index (κ3) is 2.75. The monoisotopic (exact) mass is 250 g/mol. The highest BCUT2D eigenvalue weighted by Gasteiger charge is 2.24. The molecule has 18 heavy (non-hydrogen) atoms. The highest BCUT2D eigenvalue weighted by atomic mass is 16.5. The largest absolute Gasteiger partial charge is 0.497 e. The number of ether oxygens (including phenoxy) is 3. The molecule has 0 fully saturated rings. The van der Waals surface area contributed by atoms with Crippen molar-refractivity contribution in [3.8, 4) is 11.5 Å². The maximum atomic E-state index is 11.6. The van der Waals surface area contributed by atoms with Gasteiger partial charge < -0.3 is 14.2 Å². The summed E-state index contributed by atoms with van der Waals surface area (Å²) in [5.74, 6) is 1.63. The molecule has 4 heteroatoms. The van der Waals surface area contributed by atoms with Gasteiger partial charge in [-0.05, 0) is 31.5 Å². The number of fused-ring (bicyclic) bond motifs is 1. The summed E-state index contributed by atoms with van der Waals surface area (Å²) in [7, 11) is 1.63. The maximum Gasteiger partial charge on any atom is 0.306 e. The van der Waals surface area contributed by atoms with Gasteiger partial charge in [-0.1, -0.05) is 0 Å². The molecule has 1 atom stereocenters. The van der Waals surface area contributed by atoms with E-state index in [4.69, 9.17) is 14.2 Å². The predicted octanol–water partition coefficient (Wildman–Crippen LogP) is 2.51. The van der Waals surface area contributed by atoms with Gasteiger partial charge in [-0.2, -0.15) is 0 Å². The van der Waals surface area contributed by atoms with Crippen LogP contribution < -0.4 is 9.47 Å². The fourth-order valence-corrected chi connectivity index (χ4v) is 2.20. The molecule has 1 unspecified atom stereocenters. The van der Waals surface area contributed by atoms with Crippen LogP contribution >= 0.6 is 0 Å². The Hall–Kier alpha value is -1.71. The fraction of sp³-hybridized carbons (Fsp3) is 0.500. The molecule has 1 aromatic carbocycles. The molecule has 1 aromatic rings. The predicted molar refractivity (Wildman–Crippen MR) is 67.1 cm³/mol. The van der Waals surface area contributed by atoms with Crippen LogP contribution in [-0.4, -0.2) is 26.3 Å². The second-order valence-electron chi connectivity index (χ2n) is 4.25. The third-order valence-electron chi connectivity index (χ3n) is 3.10. The molecule has 4 nitrogen and oxygen atoms in total. The van der Waals surface area contributed by atoms with E-state index >= 15 is 0 Å². The highest BCUT2D eigenvalue weighted by Crippen LogP contribution is 2.38. The van der Waals surface area contributed by atoms with Crippen LogP contribution in [0, 0.1) is 0 Å². The van der Waals surface area contributed by atoms with Crippen LogP contribution in [0.15, 0.2) is 18.2 Å². The summed E-state index contributed by atoms with van der Waals surface area (Å²) in [6, 6.07) is 5.70. The van der Waals surface area contributed by atoms with Crippen molar-refractivity contribution in [2.24, 2.45) is 0 Å². The molecule has 0 radical (unpaired) electrons. The lowest BCUT2D eigenvalue weighted by Gasteiger charge is -2.25. The molecular weight excluding hydrogens is 232 g/mol. The van der Waals surface area contributed by atoms with Crippen LogP contribution in [0.25, 0.3) is 0 Å². The lowest BCUT2D eigenvalue weighted by Crippen LogP contribution is -2.18. The molecule has 0 bridgehead atoms. The Kier molecular flexibility index (Phi) is 4.07. The molecule has 0 aliphatic carbocycles. The van der Waals surface area contributed by atoms with E-state index in [1.165, 1.54) is 0 Å². The van der Waals surface area contributed by atoms with E-state index in [0.29, 0.717) is 19.6 Å². The standard InChI is InChI=1S/C14H18O4/c1-3-17-14(15)8-10-6-7-18-13-5-4-11(16-2)9-12(10)13/h4-5,9-10H,3,6-8H2,1-2H3. The average Bonchev–Trinajstić information content (AvgIpc) is 2.39. The lowest BCUT2D eigenvalue weighted by atomic mass is 9.90. The van der Waals surface area contributed by atoms with Crippen LogP contribution in [0.4, 0.5) is 0 Å². The van der Waals surface area contributed by atoms with Crippen LogP contribution in [0.2, 0.25) is 0 Å². The highest BCUT2D eigenvalue weighted by molar-refractivity contribution is 5.71. The van der Waals surface area contributed by atoms with Gasteiger partial charge in [0.1, 0.15) is 11.5 Å². The Morgan fingerprint density at radius 3 is 3.06 bits per heavy atom. The Labute approximate surface area is 107 Å². The van der Waals surface area contributed by atoms with E-state index in [1.54, 1.807) is 7.11 Å². The normalized spacial score (nSPS) is 17.6. The van der Waals surface area contributed by atoms with Crippen molar-refractivity contribution >= 4 is 5.97 Å². The molecule has 0 saturated carbocycles. The Balaban J connectivity index is 2.18. The van der Waals surface area contributed by atoms with Crippen molar-refractivity contribution in [3.05, 3.63) is 23.8 Å². The van der Waals surface area contributed by atoms with Crippen molar-refractivity contribution in [1.29, 1.82) is 0 Å². The third-order valence-corrected chi connectivity index (χ3v) is 3.10. The molecule has 0 saturated heterocycles. The van der Waals surface area contributed by atoms with Crippen molar-refractivity contribution in [2.45, 2.75) is 25.7 Å². The van der Waals surface area contributed by atoms with E-state index in [9.17, 15) is 4.79 Å². The van der Waals surface area contributed by atoms with Crippen molar-refractivity contribution in [2.75, 3.05) is 20.3 Å². The van der Waals surface area contributed by atoms with E-state index in [2.05, 4.69) is 0 Å². The van der Waals surface area contributed by atoms with Crippen LogP contribution in [0.3, 0.4) is 0 Å². The summed E-state index contributed by atoms with van der Waals surface area (Å²) in [4.78, 5) is 11.6. The first-order valence-corrected chi connectivity index (χ1v) is 6.21. The van der Waals surface area contributed by atoms with E-state index in [0.717, 1.165) is 23.5 Å². The topological polar surface area (TPSA) is 44.8 Å². The van der Waals surface area contributed by atoms with Gasteiger partial charge in [-0.15, -0.1) is 0 Å². The Morgan fingerprint density at radius 2 is 2.33 bits per heavy atom. The summed E-state index contributed by atoms with van der Waals surface area (Å²) in [6.07, 6.45) is 1.23. The molecule has 0 aromatic heterocycles. The van der Waals surface area contributed by atoms with Crippen molar-refractivity contribution in [1.82, 2.24) is 0 Å². The smallest absolute Gasteiger partial charge is 0.306 e. The van der Waals surface area contributed by atoms with Gasteiger partial charge in [-0.3, -0.25) is 4.79 Å².